The van der Waals surface area contributed by atoms with Gasteiger partial charge in [0.1, 0.15) is 12.3 Å². The van der Waals surface area contributed by atoms with Gasteiger partial charge in [-0.25, -0.2) is 8.42 Å². The summed E-state index contributed by atoms with van der Waals surface area (Å²) in [5.41, 5.74) is 3.27. The first-order valence-corrected chi connectivity index (χ1v) is 11.0. The third-order valence-corrected chi connectivity index (χ3v) is 5.92. The molecule has 0 unspecified atom stereocenters. The van der Waals surface area contributed by atoms with Crippen molar-refractivity contribution in [2.75, 3.05) is 24.2 Å². The van der Waals surface area contributed by atoms with Gasteiger partial charge in [0.15, 0.2) is 0 Å². The number of nitrogens with one attached hydrogen (secondary N) is 1. The fourth-order valence-electron chi connectivity index (χ4n) is 3.01. The summed E-state index contributed by atoms with van der Waals surface area (Å²) in [6.07, 6.45) is 1.79. The molecule has 7 heteroatoms. The van der Waals surface area contributed by atoms with Crippen molar-refractivity contribution >= 4 is 21.6 Å². The van der Waals surface area contributed by atoms with E-state index in [1.54, 1.807) is 19.2 Å². The van der Waals surface area contributed by atoms with Crippen LogP contribution in [0.15, 0.2) is 42.5 Å². The quantitative estimate of drug-likeness (QED) is 0.732. The zero-order valence-electron chi connectivity index (χ0n) is 17.0. The lowest BCUT2D eigenvalue weighted by molar-refractivity contribution is -0.120. The van der Waals surface area contributed by atoms with Gasteiger partial charge in [-0.2, -0.15) is 0 Å². The number of methoxy groups -OCH3 is 1. The molecule has 2 rings (SSSR count). The average molecular weight is 405 g/mol. The van der Waals surface area contributed by atoms with Crippen molar-refractivity contribution in [3.63, 3.8) is 0 Å². The highest BCUT2D eigenvalue weighted by molar-refractivity contribution is 7.92. The van der Waals surface area contributed by atoms with E-state index in [4.69, 9.17) is 4.74 Å². The van der Waals surface area contributed by atoms with Gasteiger partial charge in [0, 0.05) is 0 Å². The Morgan fingerprint density at radius 3 is 2.32 bits per heavy atom. The second kappa shape index (κ2) is 9.10. The van der Waals surface area contributed by atoms with Gasteiger partial charge in [-0.3, -0.25) is 9.10 Å². The minimum absolute atomic E-state index is 0.210. The number of sulfonamides is 1. The second-order valence-electron chi connectivity index (χ2n) is 6.79. The summed E-state index contributed by atoms with van der Waals surface area (Å²) < 4.78 is 31.0. The van der Waals surface area contributed by atoms with E-state index in [1.807, 2.05) is 51.1 Å². The molecule has 0 aliphatic rings. The highest BCUT2D eigenvalue weighted by Gasteiger charge is 2.24. The number of rotatable bonds is 8. The lowest BCUT2D eigenvalue weighted by atomic mass is 10.0. The zero-order chi connectivity index (χ0) is 20.9. The monoisotopic (exact) mass is 404 g/mol. The van der Waals surface area contributed by atoms with E-state index in [2.05, 4.69) is 5.32 Å². The molecule has 2 aromatic carbocycles. The summed E-state index contributed by atoms with van der Waals surface area (Å²) in [7, 11) is -2.01. The van der Waals surface area contributed by atoms with Crippen LogP contribution in [-0.4, -0.2) is 34.2 Å². The van der Waals surface area contributed by atoms with Crippen LogP contribution < -0.4 is 14.4 Å². The molecule has 0 spiro atoms. The Kier molecular flexibility index (Phi) is 7.07. The largest absolute Gasteiger partial charge is 0.497 e. The van der Waals surface area contributed by atoms with E-state index < -0.39 is 10.0 Å². The maximum absolute atomic E-state index is 12.7. The van der Waals surface area contributed by atoms with Crippen LogP contribution in [0.2, 0.25) is 0 Å². The maximum atomic E-state index is 12.7. The van der Waals surface area contributed by atoms with E-state index in [0.29, 0.717) is 12.1 Å². The SMILES string of the molecule is CC[C@H](NC(=O)CN(c1cccc(C)c1C)S(C)(=O)=O)c1ccc(OC)cc1. The van der Waals surface area contributed by atoms with Crippen molar-refractivity contribution in [3.05, 3.63) is 59.2 Å². The van der Waals surface area contributed by atoms with Gasteiger partial charge in [0.25, 0.3) is 0 Å². The Labute approximate surface area is 167 Å². The van der Waals surface area contributed by atoms with Crippen LogP contribution in [0.4, 0.5) is 5.69 Å². The van der Waals surface area contributed by atoms with Gasteiger partial charge < -0.3 is 10.1 Å². The zero-order valence-corrected chi connectivity index (χ0v) is 17.8. The van der Waals surface area contributed by atoms with Gasteiger partial charge in [-0.15, -0.1) is 0 Å². The van der Waals surface area contributed by atoms with Crippen molar-refractivity contribution in [2.24, 2.45) is 0 Å². The highest BCUT2D eigenvalue weighted by atomic mass is 32.2. The summed E-state index contributed by atoms with van der Waals surface area (Å²) in [5, 5.41) is 2.94. The number of hydrogen-bond donors (Lipinski definition) is 1. The van der Waals surface area contributed by atoms with Gasteiger partial charge in [0.2, 0.25) is 15.9 Å². The van der Waals surface area contributed by atoms with Crippen LogP contribution in [0.1, 0.15) is 36.1 Å². The van der Waals surface area contributed by atoms with Gasteiger partial charge in [-0.05, 0) is 55.2 Å². The second-order valence-corrected chi connectivity index (χ2v) is 8.70. The van der Waals surface area contributed by atoms with Crippen molar-refractivity contribution in [1.82, 2.24) is 5.32 Å². The molecule has 0 radical (unpaired) electrons. The molecule has 0 heterocycles. The first-order valence-electron chi connectivity index (χ1n) is 9.14. The number of nitrogens with zero attached hydrogens (tertiary/aromatic N) is 1. The third kappa shape index (κ3) is 5.25. The molecule has 1 atom stereocenters. The Bertz CT molecular complexity index is 924. The molecule has 152 valence electrons. The summed E-state index contributed by atoms with van der Waals surface area (Å²) in [4.78, 5) is 12.7. The molecular formula is C21H28N2O4S. The van der Waals surface area contributed by atoms with E-state index in [0.717, 1.165) is 33.0 Å². The molecule has 0 saturated carbocycles. The molecule has 0 aliphatic heterocycles. The molecule has 6 nitrogen and oxygen atoms in total. The minimum atomic E-state index is -3.61. The van der Waals surface area contributed by atoms with Gasteiger partial charge in [-0.1, -0.05) is 31.2 Å². The molecule has 28 heavy (non-hydrogen) atoms. The number of ether oxygens (including phenoxy) is 1. The van der Waals surface area contributed by atoms with Crippen LogP contribution in [0.3, 0.4) is 0 Å². The standard InChI is InChI=1S/C21H28N2O4S/c1-6-19(17-10-12-18(27-4)13-11-17)22-21(24)14-23(28(5,25)26)20-9-7-8-15(2)16(20)3/h7-13,19H,6,14H2,1-5H3,(H,22,24)/t19-/m0/s1. The number of carbonyl (C=O) groups is 1. The fourth-order valence-corrected chi connectivity index (χ4v) is 3.92. The van der Waals surface area contributed by atoms with Crippen LogP contribution in [0.25, 0.3) is 0 Å². The molecule has 0 bridgehead atoms. The Morgan fingerprint density at radius 2 is 1.79 bits per heavy atom. The van der Waals surface area contributed by atoms with Gasteiger partial charge >= 0.3 is 0 Å². The Hall–Kier alpha value is -2.54. The average Bonchev–Trinajstić information content (AvgIpc) is 2.66. The molecule has 0 aromatic heterocycles. The molecular weight excluding hydrogens is 376 g/mol. The minimum Gasteiger partial charge on any atom is -0.497 e. The molecule has 2 aromatic rings. The van der Waals surface area contributed by atoms with Crippen molar-refractivity contribution in [1.29, 1.82) is 0 Å². The number of benzene rings is 2. The number of carbonyl (C=O) groups excluding carboxylic acids is 1. The highest BCUT2D eigenvalue weighted by Crippen LogP contribution is 2.25. The third-order valence-electron chi connectivity index (χ3n) is 4.79. The van der Waals surface area contributed by atoms with Crippen molar-refractivity contribution < 1.29 is 17.9 Å². The lowest BCUT2D eigenvalue weighted by Gasteiger charge is -2.26. The van der Waals surface area contributed by atoms with Crippen LogP contribution in [-0.2, 0) is 14.8 Å². The number of hydrogen-bond acceptors (Lipinski definition) is 4. The summed E-state index contributed by atoms with van der Waals surface area (Å²) in [6, 6.07) is 12.7. The smallest absolute Gasteiger partial charge is 0.241 e. The van der Waals surface area contributed by atoms with Crippen LogP contribution in [0, 0.1) is 13.8 Å². The van der Waals surface area contributed by atoms with Crippen molar-refractivity contribution in [3.8, 4) is 5.75 Å². The normalized spacial score (nSPS) is 12.3. The number of aryl methyl sites for hydroxylation is 1. The van der Waals surface area contributed by atoms with Gasteiger partial charge in [0.05, 0.1) is 25.1 Å². The van der Waals surface area contributed by atoms with E-state index in [1.165, 1.54) is 0 Å². The van der Waals surface area contributed by atoms with Crippen LogP contribution >= 0.6 is 0 Å². The molecule has 0 aliphatic carbocycles. The van der Waals surface area contributed by atoms with E-state index in [9.17, 15) is 13.2 Å². The number of anilines is 1. The predicted molar refractivity (Wildman–Crippen MR) is 112 cm³/mol. The molecule has 1 N–H and O–H groups in total. The topological polar surface area (TPSA) is 75.7 Å². The summed E-state index contributed by atoms with van der Waals surface area (Å²) >= 11 is 0. The fraction of sp³-hybridized carbons (Fsp3) is 0.381. The van der Waals surface area contributed by atoms with Crippen LogP contribution in [0.5, 0.6) is 5.75 Å². The molecule has 1 amide bonds. The maximum Gasteiger partial charge on any atom is 0.241 e. The summed E-state index contributed by atoms with van der Waals surface area (Å²) in [6.45, 7) is 5.47. The summed E-state index contributed by atoms with van der Waals surface area (Å²) in [5.74, 6) is 0.386. The van der Waals surface area contributed by atoms with E-state index >= 15 is 0 Å². The Balaban J connectivity index is 2.22. The molecule has 0 fully saturated rings. The number of amides is 1. The predicted octanol–water partition coefficient (Wildman–Crippen LogP) is 3.35. The molecule has 0 saturated heterocycles. The lowest BCUT2D eigenvalue weighted by Crippen LogP contribution is -2.41. The van der Waals surface area contributed by atoms with E-state index in [-0.39, 0.29) is 18.5 Å². The first-order chi connectivity index (χ1) is 13.2. The van der Waals surface area contributed by atoms with Crippen molar-refractivity contribution in [2.45, 2.75) is 33.2 Å². The Morgan fingerprint density at radius 1 is 1.14 bits per heavy atom. The first kappa shape index (κ1) is 21.8.